The fraction of sp³-hybridized carbons (Fsp3) is 0.500. The lowest BCUT2D eigenvalue weighted by Gasteiger charge is -2.10. The van der Waals surface area contributed by atoms with Crippen LogP contribution in [0.1, 0.15) is 26.5 Å². The molecule has 112 valence electrons. The maximum atomic E-state index is 11.6. The fourth-order valence-corrected chi connectivity index (χ4v) is 2.72. The molecule has 8 heteroatoms. The molecule has 1 rings (SSSR count). The zero-order valence-corrected chi connectivity index (χ0v) is 12.7. The minimum atomic E-state index is -0.663. The molecule has 1 heterocycles. The highest BCUT2D eigenvalue weighted by Crippen LogP contribution is 2.35. The summed E-state index contributed by atoms with van der Waals surface area (Å²) in [5, 5.41) is 3.60. The molecule has 0 saturated carbocycles. The van der Waals surface area contributed by atoms with Crippen molar-refractivity contribution < 1.29 is 14.3 Å². The molecule has 0 aliphatic rings. The first-order valence-corrected chi connectivity index (χ1v) is 6.89. The zero-order valence-electron chi connectivity index (χ0n) is 11.9. The van der Waals surface area contributed by atoms with E-state index in [1.165, 1.54) is 7.11 Å². The largest absolute Gasteiger partial charge is 0.465 e. The van der Waals surface area contributed by atoms with Crippen LogP contribution in [0.5, 0.6) is 0 Å². The molecule has 0 aliphatic heterocycles. The van der Waals surface area contributed by atoms with Crippen LogP contribution in [-0.2, 0) is 4.74 Å². The molecule has 20 heavy (non-hydrogen) atoms. The molecule has 0 bridgehead atoms. The van der Waals surface area contributed by atoms with Crippen molar-refractivity contribution in [1.82, 2.24) is 4.90 Å². The Bertz CT molecular complexity index is 499. The maximum absolute atomic E-state index is 11.6. The second-order valence-electron chi connectivity index (χ2n) is 4.49. The van der Waals surface area contributed by atoms with Gasteiger partial charge >= 0.3 is 5.97 Å². The number of primary amides is 1. The van der Waals surface area contributed by atoms with Gasteiger partial charge in [0, 0.05) is 6.54 Å². The summed E-state index contributed by atoms with van der Waals surface area (Å²) in [4.78, 5) is 25.3. The first-order valence-electron chi connectivity index (χ1n) is 6.07. The molecule has 5 N–H and O–H groups in total. The van der Waals surface area contributed by atoms with E-state index >= 15 is 0 Å². The van der Waals surface area contributed by atoms with Crippen LogP contribution in [0.15, 0.2) is 0 Å². The standard InChI is InChI=1S/C12H20N4O3S/c1-16(2)6-4-5-15-11-7(10(14)17)8(13)9(20-11)12(18)19-3/h15H,4-6,13H2,1-3H3,(H2,14,17). The number of thiophene rings is 1. The number of rotatable bonds is 7. The van der Waals surface area contributed by atoms with Gasteiger partial charge in [-0.05, 0) is 27.1 Å². The topological polar surface area (TPSA) is 111 Å². The van der Waals surface area contributed by atoms with Gasteiger partial charge in [-0.1, -0.05) is 0 Å². The Hall–Kier alpha value is -1.80. The fourth-order valence-electron chi connectivity index (χ4n) is 1.65. The lowest BCUT2D eigenvalue weighted by atomic mass is 10.2. The summed E-state index contributed by atoms with van der Waals surface area (Å²) in [6.45, 7) is 1.56. The van der Waals surface area contributed by atoms with E-state index in [0.29, 0.717) is 11.5 Å². The number of carbonyl (C=O) groups is 2. The van der Waals surface area contributed by atoms with Gasteiger partial charge in [0.05, 0.1) is 18.4 Å². The third-order valence-electron chi connectivity index (χ3n) is 2.63. The van der Waals surface area contributed by atoms with Gasteiger partial charge in [-0.15, -0.1) is 11.3 Å². The van der Waals surface area contributed by atoms with Gasteiger partial charge in [0.1, 0.15) is 9.88 Å². The van der Waals surface area contributed by atoms with E-state index in [0.717, 1.165) is 24.3 Å². The van der Waals surface area contributed by atoms with Gasteiger partial charge in [-0.2, -0.15) is 0 Å². The third-order valence-corrected chi connectivity index (χ3v) is 3.77. The van der Waals surface area contributed by atoms with Crippen LogP contribution in [0.2, 0.25) is 0 Å². The number of nitrogens with one attached hydrogen (secondary N) is 1. The summed E-state index contributed by atoms with van der Waals surface area (Å²) in [5.41, 5.74) is 11.3. The Morgan fingerprint density at radius 3 is 2.55 bits per heavy atom. The molecule has 0 aromatic carbocycles. The molecule has 0 aliphatic carbocycles. The molecule has 1 amide bonds. The van der Waals surface area contributed by atoms with Crippen LogP contribution in [0, 0.1) is 0 Å². The summed E-state index contributed by atoms with van der Waals surface area (Å²) < 4.78 is 4.63. The van der Waals surface area contributed by atoms with E-state index in [1.54, 1.807) is 0 Å². The summed E-state index contributed by atoms with van der Waals surface area (Å²) >= 11 is 1.08. The predicted octanol–water partition coefficient (Wildman–Crippen LogP) is 0.579. The highest BCUT2D eigenvalue weighted by atomic mass is 32.1. The van der Waals surface area contributed by atoms with Crippen molar-refractivity contribution in [1.29, 1.82) is 0 Å². The number of nitrogens with two attached hydrogens (primary N) is 2. The highest BCUT2D eigenvalue weighted by molar-refractivity contribution is 7.19. The lowest BCUT2D eigenvalue weighted by Crippen LogP contribution is -2.18. The Morgan fingerprint density at radius 1 is 1.40 bits per heavy atom. The molecule has 0 unspecified atom stereocenters. The average Bonchev–Trinajstić information content (AvgIpc) is 2.70. The molecule has 0 atom stereocenters. The number of carbonyl (C=O) groups excluding carboxylic acids is 2. The number of anilines is 2. The monoisotopic (exact) mass is 300 g/mol. The molecule has 1 aromatic rings. The second kappa shape index (κ2) is 7.11. The van der Waals surface area contributed by atoms with Crippen LogP contribution in [-0.4, -0.2) is 51.1 Å². The number of nitrogens with zero attached hydrogens (tertiary/aromatic N) is 1. The Morgan fingerprint density at radius 2 is 2.05 bits per heavy atom. The number of methoxy groups -OCH3 is 1. The van der Waals surface area contributed by atoms with E-state index in [4.69, 9.17) is 11.5 Å². The molecule has 0 spiro atoms. The van der Waals surface area contributed by atoms with Gasteiger partial charge in [0.25, 0.3) is 5.91 Å². The normalized spacial score (nSPS) is 10.6. The smallest absolute Gasteiger partial charge is 0.350 e. The van der Waals surface area contributed by atoms with Crippen LogP contribution in [0.4, 0.5) is 10.7 Å². The van der Waals surface area contributed by atoms with E-state index in [9.17, 15) is 9.59 Å². The van der Waals surface area contributed by atoms with Crippen molar-refractivity contribution in [2.45, 2.75) is 6.42 Å². The average molecular weight is 300 g/mol. The Labute approximate surface area is 121 Å². The molecule has 1 aromatic heterocycles. The van der Waals surface area contributed by atoms with E-state index in [1.807, 2.05) is 14.1 Å². The molecule has 7 nitrogen and oxygen atoms in total. The summed E-state index contributed by atoms with van der Waals surface area (Å²) in [6.07, 6.45) is 0.885. The molecule has 0 radical (unpaired) electrons. The van der Waals surface area contributed by atoms with Crippen LogP contribution in [0.3, 0.4) is 0 Å². The third kappa shape index (κ3) is 3.84. The number of hydrogen-bond acceptors (Lipinski definition) is 7. The van der Waals surface area contributed by atoms with Crippen molar-refractivity contribution in [2.24, 2.45) is 5.73 Å². The molecule has 0 saturated heterocycles. The van der Waals surface area contributed by atoms with Gasteiger partial charge in [-0.25, -0.2) is 4.79 Å². The number of nitrogen functional groups attached to an aromatic ring is 1. The van der Waals surface area contributed by atoms with Crippen molar-refractivity contribution in [3.05, 3.63) is 10.4 Å². The predicted molar refractivity (Wildman–Crippen MR) is 80.2 cm³/mol. The van der Waals surface area contributed by atoms with Gasteiger partial charge < -0.3 is 26.4 Å². The maximum Gasteiger partial charge on any atom is 0.350 e. The number of esters is 1. The van der Waals surface area contributed by atoms with Crippen LogP contribution < -0.4 is 16.8 Å². The molecule has 0 fully saturated rings. The van der Waals surface area contributed by atoms with E-state index in [-0.39, 0.29) is 16.1 Å². The van der Waals surface area contributed by atoms with Crippen molar-refractivity contribution in [3.63, 3.8) is 0 Å². The summed E-state index contributed by atoms with van der Waals surface area (Å²) in [6, 6.07) is 0. The van der Waals surface area contributed by atoms with E-state index in [2.05, 4.69) is 15.0 Å². The van der Waals surface area contributed by atoms with Gasteiger partial charge in [0.15, 0.2) is 0 Å². The Kier molecular flexibility index (Phi) is 5.78. The second-order valence-corrected chi connectivity index (χ2v) is 5.51. The van der Waals surface area contributed by atoms with Crippen molar-refractivity contribution >= 4 is 33.9 Å². The quantitative estimate of drug-likeness (QED) is 0.502. The van der Waals surface area contributed by atoms with Gasteiger partial charge in [0.2, 0.25) is 0 Å². The lowest BCUT2D eigenvalue weighted by molar-refractivity contribution is 0.0607. The summed E-state index contributed by atoms with van der Waals surface area (Å²) in [7, 11) is 5.22. The molecular formula is C12H20N4O3S. The van der Waals surface area contributed by atoms with Crippen LogP contribution >= 0.6 is 11.3 Å². The minimum Gasteiger partial charge on any atom is -0.465 e. The van der Waals surface area contributed by atoms with Crippen LogP contribution in [0.25, 0.3) is 0 Å². The Balaban J connectivity index is 2.89. The number of hydrogen-bond donors (Lipinski definition) is 3. The number of ether oxygens (including phenoxy) is 1. The minimum absolute atomic E-state index is 0.0736. The number of amides is 1. The first kappa shape index (κ1) is 16.3. The highest BCUT2D eigenvalue weighted by Gasteiger charge is 2.24. The summed E-state index contributed by atoms with van der Waals surface area (Å²) in [5.74, 6) is -1.24. The van der Waals surface area contributed by atoms with Gasteiger partial charge in [-0.3, -0.25) is 4.79 Å². The van der Waals surface area contributed by atoms with Crippen molar-refractivity contribution in [2.75, 3.05) is 45.3 Å². The molecular weight excluding hydrogens is 280 g/mol. The SMILES string of the molecule is COC(=O)c1sc(NCCCN(C)C)c(C(N)=O)c1N. The van der Waals surface area contributed by atoms with E-state index < -0.39 is 11.9 Å². The first-order chi connectivity index (χ1) is 9.38. The zero-order chi connectivity index (χ0) is 15.3. The van der Waals surface area contributed by atoms with Crippen molar-refractivity contribution in [3.8, 4) is 0 Å².